The maximum atomic E-state index is 12.2. The Hall–Kier alpha value is -2.29. The number of Topliss-reactive ketones (excluding diaryl/α,β-unsaturated/α-hetero) is 1. The summed E-state index contributed by atoms with van der Waals surface area (Å²) < 4.78 is 42.4. The van der Waals surface area contributed by atoms with Crippen LogP contribution in [0.1, 0.15) is 69.4 Å². The van der Waals surface area contributed by atoms with Crippen molar-refractivity contribution in [3.63, 3.8) is 0 Å². The molecule has 1 amide bonds. The maximum Gasteiger partial charge on any atom is 0.547 e. The van der Waals surface area contributed by atoms with Gasteiger partial charge in [-0.25, -0.2) is 0 Å². The summed E-state index contributed by atoms with van der Waals surface area (Å²) in [4.78, 5) is 23.0. The predicted molar refractivity (Wildman–Crippen MR) is 113 cm³/mol. The van der Waals surface area contributed by atoms with Crippen LogP contribution in [0.3, 0.4) is 0 Å². The largest absolute Gasteiger partial charge is 0.547 e. The van der Waals surface area contributed by atoms with Gasteiger partial charge >= 0.3 is 13.3 Å². The number of amides is 1. The minimum Gasteiger partial charge on any atom is -0.534 e. The van der Waals surface area contributed by atoms with E-state index in [0.717, 1.165) is 42.4 Å². The summed E-state index contributed by atoms with van der Waals surface area (Å²) in [5.41, 5.74) is 2.45. The SMILES string of the molecule is C=C(CCCCCC(C)=O)c1cccc2c1OB(O)[C@@H](NC(=O)CCCC(F)(F)F)C2. The van der Waals surface area contributed by atoms with Crippen LogP contribution in [0.4, 0.5) is 13.2 Å². The van der Waals surface area contributed by atoms with Crippen molar-refractivity contribution in [2.45, 2.75) is 76.8 Å². The number of para-hydroxylation sites is 1. The lowest BCUT2D eigenvalue weighted by Gasteiger charge is -2.30. The molecule has 31 heavy (non-hydrogen) atoms. The lowest BCUT2D eigenvalue weighted by Crippen LogP contribution is -2.53. The molecular formula is C22H29BF3NO4. The van der Waals surface area contributed by atoms with Crippen LogP contribution in [0, 0.1) is 0 Å². The number of ketones is 1. The number of alkyl halides is 3. The Morgan fingerprint density at radius 1 is 1.19 bits per heavy atom. The van der Waals surface area contributed by atoms with Crippen molar-refractivity contribution in [1.29, 1.82) is 0 Å². The first-order chi connectivity index (χ1) is 14.6. The number of hydrogen-bond acceptors (Lipinski definition) is 4. The second-order valence-corrected chi connectivity index (χ2v) is 8.02. The van der Waals surface area contributed by atoms with Gasteiger partial charge < -0.3 is 19.8 Å². The van der Waals surface area contributed by atoms with Crippen LogP contribution in [0.25, 0.3) is 5.57 Å². The molecule has 0 aromatic heterocycles. The zero-order chi connectivity index (χ0) is 23.0. The van der Waals surface area contributed by atoms with E-state index >= 15 is 0 Å². The van der Waals surface area contributed by atoms with E-state index in [1.165, 1.54) is 0 Å². The van der Waals surface area contributed by atoms with Gasteiger partial charge in [-0.3, -0.25) is 4.79 Å². The molecule has 1 atom stereocenters. The van der Waals surface area contributed by atoms with E-state index in [2.05, 4.69) is 11.9 Å². The molecule has 170 valence electrons. The van der Waals surface area contributed by atoms with Gasteiger partial charge in [0, 0.05) is 24.8 Å². The number of fused-ring (bicyclic) bond motifs is 1. The first-order valence-corrected chi connectivity index (χ1v) is 10.6. The van der Waals surface area contributed by atoms with Gasteiger partial charge in [-0.2, -0.15) is 13.2 Å². The second-order valence-electron chi connectivity index (χ2n) is 8.02. The normalized spacial score (nSPS) is 15.8. The summed E-state index contributed by atoms with van der Waals surface area (Å²) in [6.07, 6.45) is -1.63. The van der Waals surface area contributed by atoms with E-state index in [0.29, 0.717) is 18.6 Å². The Balaban J connectivity index is 1.92. The molecule has 1 heterocycles. The molecule has 1 aromatic rings. The molecule has 1 aliphatic rings. The van der Waals surface area contributed by atoms with Crippen LogP contribution in [0.15, 0.2) is 24.8 Å². The number of allylic oxidation sites excluding steroid dienone is 1. The molecular weight excluding hydrogens is 410 g/mol. The van der Waals surface area contributed by atoms with Crippen LogP contribution in [0.2, 0.25) is 0 Å². The number of nitrogens with one attached hydrogen (secondary N) is 1. The van der Waals surface area contributed by atoms with Gasteiger partial charge in [-0.05, 0) is 50.2 Å². The Morgan fingerprint density at radius 2 is 1.90 bits per heavy atom. The molecule has 1 aromatic carbocycles. The van der Waals surface area contributed by atoms with Crippen molar-refractivity contribution in [2.75, 3.05) is 0 Å². The molecule has 5 nitrogen and oxygen atoms in total. The second kappa shape index (κ2) is 11.4. The zero-order valence-electron chi connectivity index (χ0n) is 17.8. The van der Waals surface area contributed by atoms with Crippen molar-refractivity contribution in [2.24, 2.45) is 0 Å². The fourth-order valence-corrected chi connectivity index (χ4v) is 3.58. The van der Waals surface area contributed by atoms with E-state index in [-0.39, 0.29) is 18.6 Å². The van der Waals surface area contributed by atoms with Gasteiger partial charge in [0.1, 0.15) is 11.5 Å². The third-order valence-corrected chi connectivity index (χ3v) is 5.22. The van der Waals surface area contributed by atoms with Gasteiger partial charge in [-0.1, -0.05) is 31.2 Å². The first kappa shape index (κ1) is 25.0. The van der Waals surface area contributed by atoms with E-state index in [1.54, 1.807) is 6.92 Å². The van der Waals surface area contributed by atoms with Gasteiger partial charge in [0.15, 0.2) is 0 Å². The van der Waals surface area contributed by atoms with E-state index < -0.39 is 31.6 Å². The summed E-state index contributed by atoms with van der Waals surface area (Å²) in [5.74, 6) is -0.584. The number of carbonyl (C=O) groups is 2. The summed E-state index contributed by atoms with van der Waals surface area (Å²) in [6, 6.07) is 5.53. The highest BCUT2D eigenvalue weighted by Gasteiger charge is 2.37. The van der Waals surface area contributed by atoms with Gasteiger partial charge in [-0.15, -0.1) is 0 Å². The minimum absolute atomic E-state index is 0.181. The zero-order valence-corrected chi connectivity index (χ0v) is 17.8. The highest BCUT2D eigenvalue weighted by molar-refractivity contribution is 6.46. The molecule has 2 rings (SSSR count). The topological polar surface area (TPSA) is 75.6 Å². The van der Waals surface area contributed by atoms with E-state index in [4.69, 9.17) is 4.65 Å². The molecule has 0 fully saturated rings. The molecule has 0 saturated heterocycles. The molecule has 0 unspecified atom stereocenters. The summed E-state index contributed by atoms with van der Waals surface area (Å²) >= 11 is 0. The average Bonchev–Trinajstić information content (AvgIpc) is 2.66. The third-order valence-electron chi connectivity index (χ3n) is 5.22. The van der Waals surface area contributed by atoms with Crippen molar-refractivity contribution in [3.05, 3.63) is 35.9 Å². The number of benzene rings is 1. The summed E-state index contributed by atoms with van der Waals surface area (Å²) in [5, 5.41) is 12.9. The number of halogens is 3. The van der Waals surface area contributed by atoms with Crippen molar-refractivity contribution >= 4 is 24.4 Å². The number of carbonyl (C=O) groups excluding carboxylic acids is 2. The fraction of sp³-hybridized carbons (Fsp3) is 0.545. The molecule has 9 heteroatoms. The Labute approximate surface area is 181 Å². The predicted octanol–water partition coefficient (Wildman–Crippen LogP) is 4.41. The van der Waals surface area contributed by atoms with Crippen LogP contribution in [-0.4, -0.2) is 36.0 Å². The maximum absolute atomic E-state index is 12.2. The molecule has 2 N–H and O–H groups in total. The number of hydrogen-bond donors (Lipinski definition) is 2. The van der Waals surface area contributed by atoms with Gasteiger partial charge in [0.2, 0.25) is 5.91 Å². The standard InChI is InChI=1S/C22H29BF3NO4/c1-15(8-4-3-5-9-16(2)28)18-11-6-10-17-14-19(23(30)31-21(17)18)27-20(29)12-7-13-22(24,25)26/h6,10-11,19,30H,1,3-5,7-9,12-14H2,2H3,(H,27,29)/t19-/m0/s1. The first-order valence-electron chi connectivity index (χ1n) is 10.6. The summed E-state index contributed by atoms with van der Waals surface area (Å²) in [7, 11) is -1.30. The quantitative estimate of drug-likeness (QED) is 0.396. The molecule has 0 bridgehead atoms. The van der Waals surface area contributed by atoms with Gasteiger partial charge in [0.05, 0.1) is 5.94 Å². The van der Waals surface area contributed by atoms with Crippen molar-refractivity contribution < 1.29 is 32.4 Å². The van der Waals surface area contributed by atoms with Crippen LogP contribution >= 0.6 is 0 Å². The molecule has 0 spiro atoms. The lowest BCUT2D eigenvalue weighted by molar-refractivity contribution is -0.137. The van der Waals surface area contributed by atoms with Crippen molar-refractivity contribution in [1.82, 2.24) is 5.32 Å². The Morgan fingerprint density at radius 3 is 2.58 bits per heavy atom. The minimum atomic E-state index is -4.29. The van der Waals surface area contributed by atoms with Crippen LogP contribution in [-0.2, 0) is 16.0 Å². The van der Waals surface area contributed by atoms with Crippen molar-refractivity contribution in [3.8, 4) is 5.75 Å². The van der Waals surface area contributed by atoms with Crippen LogP contribution < -0.4 is 9.97 Å². The summed E-state index contributed by atoms with van der Waals surface area (Å²) in [6.45, 7) is 5.70. The highest BCUT2D eigenvalue weighted by Crippen LogP contribution is 2.35. The molecule has 0 saturated carbocycles. The van der Waals surface area contributed by atoms with Gasteiger partial charge in [0.25, 0.3) is 0 Å². The van der Waals surface area contributed by atoms with Crippen LogP contribution in [0.5, 0.6) is 5.75 Å². The number of rotatable bonds is 11. The fourth-order valence-electron chi connectivity index (χ4n) is 3.58. The average molecular weight is 439 g/mol. The molecule has 0 radical (unpaired) electrons. The Bertz CT molecular complexity index is 797. The van der Waals surface area contributed by atoms with E-state index in [1.807, 2.05) is 18.2 Å². The lowest BCUT2D eigenvalue weighted by atomic mass is 9.72. The molecule has 0 aliphatic carbocycles. The third kappa shape index (κ3) is 8.40. The molecule has 1 aliphatic heterocycles. The number of unbranched alkanes of at least 4 members (excludes halogenated alkanes) is 2. The van der Waals surface area contributed by atoms with E-state index in [9.17, 15) is 27.8 Å². The smallest absolute Gasteiger partial charge is 0.534 e. The Kier molecular flexibility index (Phi) is 9.16. The monoisotopic (exact) mass is 439 g/mol. The highest BCUT2D eigenvalue weighted by atomic mass is 19.4.